The second kappa shape index (κ2) is 4.76. The van der Waals surface area contributed by atoms with E-state index in [0.29, 0.717) is 13.1 Å². The number of benzene rings is 1. The first-order valence-corrected chi connectivity index (χ1v) is 6.75. The van der Waals surface area contributed by atoms with Gasteiger partial charge in [0, 0.05) is 30.2 Å². The molecule has 0 saturated carbocycles. The zero-order chi connectivity index (χ0) is 14.3. The van der Waals surface area contributed by atoms with Gasteiger partial charge in [-0.1, -0.05) is 18.2 Å². The summed E-state index contributed by atoms with van der Waals surface area (Å²) < 4.78 is 3.91. The lowest BCUT2D eigenvalue weighted by molar-refractivity contribution is 0.633. The van der Waals surface area contributed by atoms with Crippen molar-refractivity contribution in [1.29, 1.82) is 0 Å². The van der Waals surface area contributed by atoms with Crippen molar-refractivity contribution in [3.8, 4) is 0 Å². The van der Waals surface area contributed by atoms with Crippen molar-refractivity contribution in [1.82, 2.24) is 19.6 Å². The van der Waals surface area contributed by atoms with Crippen LogP contribution in [0.1, 0.15) is 22.6 Å². The summed E-state index contributed by atoms with van der Waals surface area (Å²) in [7, 11) is 1.97. The van der Waals surface area contributed by atoms with E-state index in [2.05, 4.69) is 29.3 Å². The van der Waals surface area contributed by atoms with Gasteiger partial charge in [-0.15, -0.1) is 0 Å². The van der Waals surface area contributed by atoms with Crippen molar-refractivity contribution in [3.63, 3.8) is 0 Å². The van der Waals surface area contributed by atoms with Crippen molar-refractivity contribution in [2.75, 3.05) is 0 Å². The molecule has 0 aliphatic rings. The predicted octanol–water partition coefficient (Wildman–Crippen LogP) is 1.89. The van der Waals surface area contributed by atoms with Gasteiger partial charge in [-0.25, -0.2) is 0 Å². The number of hydrogen-bond donors (Lipinski definition) is 1. The van der Waals surface area contributed by atoms with Crippen molar-refractivity contribution in [2.45, 2.75) is 26.9 Å². The Labute approximate surface area is 118 Å². The van der Waals surface area contributed by atoms with Gasteiger partial charge in [0.05, 0.1) is 23.4 Å². The molecule has 5 nitrogen and oxygen atoms in total. The Morgan fingerprint density at radius 2 is 1.90 bits per heavy atom. The van der Waals surface area contributed by atoms with Gasteiger partial charge in [0.1, 0.15) is 0 Å². The molecule has 2 aromatic heterocycles. The van der Waals surface area contributed by atoms with Gasteiger partial charge in [-0.3, -0.25) is 9.36 Å². The van der Waals surface area contributed by atoms with Crippen LogP contribution < -0.4 is 5.73 Å². The summed E-state index contributed by atoms with van der Waals surface area (Å²) in [5.41, 5.74) is 11.2. The molecular weight excluding hydrogens is 250 g/mol. The summed E-state index contributed by atoms with van der Waals surface area (Å²) >= 11 is 0. The largest absolute Gasteiger partial charge is 0.326 e. The first kappa shape index (κ1) is 12.9. The van der Waals surface area contributed by atoms with Gasteiger partial charge in [-0.05, 0) is 19.9 Å². The molecule has 0 unspecified atom stereocenters. The molecule has 0 aliphatic heterocycles. The van der Waals surface area contributed by atoms with Crippen molar-refractivity contribution < 1.29 is 0 Å². The average Bonchev–Trinajstić information content (AvgIpc) is 2.89. The lowest BCUT2D eigenvalue weighted by Crippen LogP contribution is -2.06. The molecule has 0 saturated heterocycles. The molecule has 20 heavy (non-hydrogen) atoms. The van der Waals surface area contributed by atoms with Gasteiger partial charge in [0.15, 0.2) is 0 Å². The summed E-state index contributed by atoms with van der Waals surface area (Å²) in [6, 6.07) is 8.26. The number of rotatable bonds is 3. The molecule has 0 spiro atoms. The van der Waals surface area contributed by atoms with Crippen LogP contribution in [0.5, 0.6) is 0 Å². The first-order chi connectivity index (χ1) is 9.61. The fourth-order valence-corrected chi connectivity index (χ4v) is 2.73. The van der Waals surface area contributed by atoms with Crippen LogP contribution in [0.25, 0.3) is 10.9 Å². The van der Waals surface area contributed by atoms with Crippen molar-refractivity contribution in [2.24, 2.45) is 12.8 Å². The highest BCUT2D eigenvalue weighted by molar-refractivity contribution is 5.81. The molecular formula is C15H19N5. The SMILES string of the molecule is Cc1nn(Cc2nn(C)c3ccccc23)c(C)c1CN. The number of aryl methyl sites for hydroxylation is 2. The Kier molecular flexibility index (Phi) is 3.06. The molecule has 2 N–H and O–H groups in total. The number of para-hydroxylation sites is 1. The van der Waals surface area contributed by atoms with Crippen LogP contribution in [0.15, 0.2) is 24.3 Å². The fraction of sp³-hybridized carbons (Fsp3) is 0.333. The second-order valence-electron chi connectivity index (χ2n) is 5.10. The van der Waals surface area contributed by atoms with Gasteiger partial charge < -0.3 is 5.73 Å². The summed E-state index contributed by atoms with van der Waals surface area (Å²) in [4.78, 5) is 0. The molecule has 0 fully saturated rings. The van der Waals surface area contributed by atoms with Crippen LogP contribution in [0.2, 0.25) is 0 Å². The molecule has 2 heterocycles. The van der Waals surface area contributed by atoms with Crippen molar-refractivity contribution in [3.05, 3.63) is 46.9 Å². The monoisotopic (exact) mass is 269 g/mol. The fourth-order valence-electron chi connectivity index (χ4n) is 2.73. The van der Waals surface area contributed by atoms with Crippen LogP contribution in [0.3, 0.4) is 0 Å². The normalized spacial score (nSPS) is 11.4. The Morgan fingerprint density at radius 3 is 2.60 bits per heavy atom. The van der Waals surface area contributed by atoms with Gasteiger partial charge in [-0.2, -0.15) is 10.2 Å². The highest BCUT2D eigenvalue weighted by Crippen LogP contribution is 2.20. The molecule has 0 bridgehead atoms. The maximum absolute atomic E-state index is 5.78. The van der Waals surface area contributed by atoms with E-state index in [1.807, 2.05) is 35.5 Å². The van der Waals surface area contributed by atoms with E-state index in [0.717, 1.165) is 28.2 Å². The number of fused-ring (bicyclic) bond motifs is 1. The average molecular weight is 269 g/mol. The molecule has 104 valence electrons. The molecule has 0 aliphatic carbocycles. The zero-order valence-electron chi connectivity index (χ0n) is 12.1. The van der Waals surface area contributed by atoms with E-state index < -0.39 is 0 Å². The number of nitrogens with two attached hydrogens (primary N) is 1. The summed E-state index contributed by atoms with van der Waals surface area (Å²) in [6.07, 6.45) is 0. The summed E-state index contributed by atoms with van der Waals surface area (Å²) in [6.45, 7) is 5.27. The summed E-state index contributed by atoms with van der Waals surface area (Å²) in [5, 5.41) is 10.4. The molecule has 0 radical (unpaired) electrons. The maximum Gasteiger partial charge on any atom is 0.0918 e. The lowest BCUT2D eigenvalue weighted by Gasteiger charge is -2.03. The third-order valence-electron chi connectivity index (χ3n) is 3.87. The van der Waals surface area contributed by atoms with Crippen LogP contribution >= 0.6 is 0 Å². The molecule has 3 aromatic rings. The van der Waals surface area contributed by atoms with Crippen molar-refractivity contribution >= 4 is 10.9 Å². The minimum absolute atomic E-state index is 0.528. The maximum atomic E-state index is 5.78. The predicted molar refractivity (Wildman–Crippen MR) is 79.4 cm³/mol. The highest BCUT2D eigenvalue weighted by atomic mass is 15.3. The first-order valence-electron chi connectivity index (χ1n) is 6.75. The van der Waals surface area contributed by atoms with Crippen LogP contribution in [-0.4, -0.2) is 19.6 Å². The zero-order valence-corrected chi connectivity index (χ0v) is 12.1. The molecule has 0 atom stereocenters. The van der Waals surface area contributed by atoms with E-state index in [1.165, 1.54) is 5.39 Å². The molecule has 5 heteroatoms. The van der Waals surface area contributed by atoms with E-state index >= 15 is 0 Å². The number of nitrogens with zero attached hydrogens (tertiary/aromatic N) is 4. The summed E-state index contributed by atoms with van der Waals surface area (Å²) in [5.74, 6) is 0. The van der Waals surface area contributed by atoms with Gasteiger partial charge in [0.25, 0.3) is 0 Å². The Balaban J connectivity index is 2.06. The Bertz CT molecular complexity index is 766. The van der Waals surface area contributed by atoms with Gasteiger partial charge >= 0.3 is 0 Å². The van der Waals surface area contributed by atoms with Crippen LogP contribution in [0, 0.1) is 13.8 Å². The Morgan fingerprint density at radius 1 is 1.15 bits per heavy atom. The van der Waals surface area contributed by atoms with E-state index in [9.17, 15) is 0 Å². The van der Waals surface area contributed by atoms with Crippen LogP contribution in [0.4, 0.5) is 0 Å². The van der Waals surface area contributed by atoms with Crippen LogP contribution in [-0.2, 0) is 20.1 Å². The molecule has 0 amide bonds. The minimum Gasteiger partial charge on any atom is -0.326 e. The standard InChI is InChI=1S/C15H19N5/c1-10-13(8-16)11(2)20(17-10)9-14-12-6-4-5-7-15(12)19(3)18-14/h4-7H,8-9,16H2,1-3H3. The van der Waals surface area contributed by atoms with E-state index in [-0.39, 0.29) is 0 Å². The highest BCUT2D eigenvalue weighted by Gasteiger charge is 2.13. The van der Waals surface area contributed by atoms with E-state index in [4.69, 9.17) is 5.73 Å². The topological polar surface area (TPSA) is 61.7 Å². The molecule has 3 rings (SSSR count). The Hall–Kier alpha value is -2.14. The van der Waals surface area contributed by atoms with Gasteiger partial charge in [0.2, 0.25) is 0 Å². The third kappa shape index (κ3) is 1.91. The number of hydrogen-bond acceptors (Lipinski definition) is 3. The second-order valence-corrected chi connectivity index (χ2v) is 5.10. The van der Waals surface area contributed by atoms with E-state index in [1.54, 1.807) is 0 Å². The smallest absolute Gasteiger partial charge is 0.0918 e. The lowest BCUT2D eigenvalue weighted by atomic mass is 10.2. The quantitative estimate of drug-likeness (QED) is 0.790. The third-order valence-corrected chi connectivity index (χ3v) is 3.87. The minimum atomic E-state index is 0.528. The number of aromatic nitrogens is 4. The molecule has 1 aromatic carbocycles.